The highest BCUT2D eigenvalue weighted by atomic mass is 35.5. The average molecular weight is 519 g/mol. The van der Waals surface area contributed by atoms with Crippen LogP contribution in [-0.4, -0.2) is 33.3 Å². The van der Waals surface area contributed by atoms with Gasteiger partial charge in [-0.15, -0.1) is 0 Å². The van der Waals surface area contributed by atoms with Crippen LogP contribution in [0.5, 0.6) is 5.75 Å². The number of rotatable bonds is 6. The Balaban J connectivity index is 1.58. The molecule has 182 valence electrons. The quantitative estimate of drug-likeness (QED) is 0.216. The average Bonchev–Trinajstić information content (AvgIpc) is 3.24. The number of hydrogen-bond acceptors (Lipinski definition) is 5. The summed E-state index contributed by atoms with van der Waals surface area (Å²) in [7, 11) is 1.52. The molecule has 0 saturated carbocycles. The van der Waals surface area contributed by atoms with Gasteiger partial charge in [-0.3, -0.25) is 14.2 Å². The van der Waals surface area contributed by atoms with E-state index >= 15 is 0 Å². The van der Waals surface area contributed by atoms with E-state index in [1.165, 1.54) is 18.9 Å². The van der Waals surface area contributed by atoms with Gasteiger partial charge in [0.15, 0.2) is 5.16 Å². The maximum atomic E-state index is 13.8. The number of aromatic nitrogens is 3. The monoisotopic (exact) mass is 518 g/mol. The van der Waals surface area contributed by atoms with Crippen molar-refractivity contribution in [3.63, 3.8) is 0 Å². The molecular formula is C27H23ClN4O3S. The topological polar surface area (TPSA) is 89.0 Å². The van der Waals surface area contributed by atoms with Gasteiger partial charge in [0.05, 0.1) is 24.2 Å². The van der Waals surface area contributed by atoms with E-state index in [-0.39, 0.29) is 17.2 Å². The molecule has 5 rings (SSSR count). The smallest absolute Gasteiger partial charge is 0.283 e. The van der Waals surface area contributed by atoms with Crippen LogP contribution in [0.25, 0.3) is 27.6 Å². The molecule has 1 amide bonds. The van der Waals surface area contributed by atoms with Gasteiger partial charge in [0, 0.05) is 15.9 Å². The third-order valence-electron chi connectivity index (χ3n) is 5.87. The second-order valence-corrected chi connectivity index (χ2v) is 9.78. The van der Waals surface area contributed by atoms with Crippen molar-refractivity contribution in [1.29, 1.82) is 0 Å². The highest BCUT2D eigenvalue weighted by molar-refractivity contribution is 7.99. The van der Waals surface area contributed by atoms with Crippen LogP contribution in [0.3, 0.4) is 0 Å². The van der Waals surface area contributed by atoms with E-state index in [4.69, 9.17) is 21.3 Å². The summed E-state index contributed by atoms with van der Waals surface area (Å²) in [5, 5.41) is 4.60. The number of aromatic amines is 1. The van der Waals surface area contributed by atoms with Crippen molar-refractivity contribution in [1.82, 2.24) is 14.5 Å². The number of carbonyl (C=O) groups excluding carboxylic acids is 1. The minimum absolute atomic E-state index is 0.0286. The van der Waals surface area contributed by atoms with E-state index in [2.05, 4.69) is 10.3 Å². The van der Waals surface area contributed by atoms with Crippen LogP contribution in [0, 0.1) is 13.8 Å². The third kappa shape index (κ3) is 4.45. The van der Waals surface area contributed by atoms with Crippen molar-refractivity contribution in [2.75, 3.05) is 18.2 Å². The predicted molar refractivity (Wildman–Crippen MR) is 146 cm³/mol. The molecule has 36 heavy (non-hydrogen) atoms. The van der Waals surface area contributed by atoms with Gasteiger partial charge in [-0.25, -0.2) is 4.98 Å². The molecule has 0 aliphatic heterocycles. The number of para-hydroxylation sites is 1. The van der Waals surface area contributed by atoms with Gasteiger partial charge < -0.3 is 15.0 Å². The zero-order chi connectivity index (χ0) is 25.4. The van der Waals surface area contributed by atoms with Gasteiger partial charge in [-0.1, -0.05) is 53.7 Å². The molecule has 7 nitrogen and oxygen atoms in total. The first-order valence-electron chi connectivity index (χ1n) is 11.2. The van der Waals surface area contributed by atoms with E-state index in [9.17, 15) is 9.59 Å². The molecule has 0 spiro atoms. The fourth-order valence-electron chi connectivity index (χ4n) is 4.11. The second kappa shape index (κ2) is 9.72. The van der Waals surface area contributed by atoms with Gasteiger partial charge in [-0.05, 0) is 55.3 Å². The number of nitrogens with one attached hydrogen (secondary N) is 2. The zero-order valence-electron chi connectivity index (χ0n) is 19.9. The fraction of sp³-hybridized carbons (Fsp3) is 0.148. The number of anilines is 1. The normalized spacial score (nSPS) is 11.2. The Kier molecular flexibility index (Phi) is 6.47. The first-order chi connectivity index (χ1) is 17.4. The summed E-state index contributed by atoms with van der Waals surface area (Å²) in [6, 6.07) is 18.6. The molecule has 0 fully saturated rings. The lowest BCUT2D eigenvalue weighted by atomic mass is 10.1. The molecule has 0 unspecified atom stereocenters. The number of amides is 1. The molecule has 0 bridgehead atoms. The molecule has 0 aliphatic rings. The third-order valence-corrected chi connectivity index (χ3v) is 7.04. The SMILES string of the molecule is COc1ccc(Cl)cc1NC(=O)CSc1nc2c([nH]c3ccccc32)c(=O)n1-c1cc(C)ccc1C. The Morgan fingerprint density at radius 3 is 2.75 bits per heavy atom. The fourth-order valence-corrected chi connectivity index (χ4v) is 5.08. The highest BCUT2D eigenvalue weighted by Crippen LogP contribution is 2.30. The standard InChI is InChI=1S/C27H23ClN4O3S/c1-15-8-9-16(2)21(12-15)32-26(34)25-24(18-6-4-5-7-19(18)30-25)31-27(32)36-14-23(33)29-20-13-17(28)10-11-22(20)35-3/h4-13,30H,14H2,1-3H3,(H,29,33). The Hall–Kier alpha value is -3.75. The van der Waals surface area contributed by atoms with E-state index in [1.807, 2.05) is 56.3 Å². The number of ether oxygens (including phenoxy) is 1. The maximum absolute atomic E-state index is 13.8. The largest absolute Gasteiger partial charge is 0.495 e. The molecular weight excluding hydrogens is 496 g/mol. The number of hydrogen-bond donors (Lipinski definition) is 2. The van der Waals surface area contributed by atoms with Gasteiger partial charge >= 0.3 is 0 Å². The Labute approximate surface area is 216 Å². The van der Waals surface area contributed by atoms with E-state index in [0.29, 0.717) is 32.6 Å². The minimum Gasteiger partial charge on any atom is -0.495 e. The Morgan fingerprint density at radius 1 is 1.14 bits per heavy atom. The molecule has 5 aromatic rings. The van der Waals surface area contributed by atoms with Crippen molar-refractivity contribution in [2.45, 2.75) is 19.0 Å². The van der Waals surface area contributed by atoms with Crippen LogP contribution in [-0.2, 0) is 4.79 Å². The van der Waals surface area contributed by atoms with E-state index in [1.54, 1.807) is 22.8 Å². The van der Waals surface area contributed by atoms with Crippen molar-refractivity contribution in [2.24, 2.45) is 0 Å². The summed E-state index contributed by atoms with van der Waals surface area (Å²) in [5.41, 5.74) is 4.76. The molecule has 2 heterocycles. The van der Waals surface area contributed by atoms with Crippen molar-refractivity contribution in [3.8, 4) is 11.4 Å². The summed E-state index contributed by atoms with van der Waals surface area (Å²) in [5.74, 6) is 0.255. The number of methoxy groups -OCH3 is 1. The van der Waals surface area contributed by atoms with Crippen LogP contribution in [0.4, 0.5) is 5.69 Å². The second-order valence-electron chi connectivity index (χ2n) is 8.40. The lowest BCUT2D eigenvalue weighted by Gasteiger charge is -2.15. The number of H-pyrrole nitrogens is 1. The van der Waals surface area contributed by atoms with Crippen molar-refractivity contribution in [3.05, 3.63) is 87.2 Å². The lowest BCUT2D eigenvalue weighted by molar-refractivity contribution is -0.113. The van der Waals surface area contributed by atoms with Crippen LogP contribution in [0.2, 0.25) is 5.02 Å². The minimum atomic E-state index is -0.277. The molecule has 3 aromatic carbocycles. The number of nitrogens with zero attached hydrogens (tertiary/aromatic N) is 2. The summed E-state index contributed by atoms with van der Waals surface area (Å²) >= 11 is 7.29. The van der Waals surface area contributed by atoms with E-state index < -0.39 is 0 Å². The summed E-state index contributed by atoms with van der Waals surface area (Å²) in [6.45, 7) is 3.92. The zero-order valence-corrected chi connectivity index (χ0v) is 21.5. The van der Waals surface area contributed by atoms with Gasteiger partial charge in [-0.2, -0.15) is 0 Å². The number of thioether (sulfide) groups is 1. The summed E-state index contributed by atoms with van der Waals surface area (Å²) in [6.07, 6.45) is 0. The van der Waals surface area contributed by atoms with Crippen molar-refractivity contribution >= 4 is 56.9 Å². The van der Waals surface area contributed by atoms with Gasteiger partial charge in [0.25, 0.3) is 5.56 Å². The molecule has 9 heteroatoms. The molecule has 2 N–H and O–H groups in total. The first-order valence-corrected chi connectivity index (χ1v) is 12.6. The number of carbonyl (C=O) groups is 1. The maximum Gasteiger partial charge on any atom is 0.283 e. The van der Waals surface area contributed by atoms with Gasteiger partial charge in [0.1, 0.15) is 16.8 Å². The van der Waals surface area contributed by atoms with E-state index in [0.717, 1.165) is 27.7 Å². The van der Waals surface area contributed by atoms with Crippen molar-refractivity contribution < 1.29 is 9.53 Å². The molecule has 0 saturated heterocycles. The van der Waals surface area contributed by atoms with Crippen LogP contribution in [0.1, 0.15) is 11.1 Å². The van der Waals surface area contributed by atoms with Crippen LogP contribution >= 0.6 is 23.4 Å². The number of halogens is 1. The number of aryl methyl sites for hydroxylation is 2. The van der Waals surface area contributed by atoms with Crippen LogP contribution < -0.4 is 15.6 Å². The van der Waals surface area contributed by atoms with Crippen LogP contribution in [0.15, 0.2) is 70.6 Å². The predicted octanol–water partition coefficient (Wildman–Crippen LogP) is 5.88. The first kappa shape index (κ1) is 24.0. The van der Waals surface area contributed by atoms with Gasteiger partial charge in [0.2, 0.25) is 5.91 Å². The molecule has 0 atom stereocenters. The Bertz CT molecular complexity index is 1690. The number of benzene rings is 3. The number of fused-ring (bicyclic) bond motifs is 3. The molecule has 2 aromatic heterocycles. The Morgan fingerprint density at radius 2 is 1.94 bits per heavy atom. The highest BCUT2D eigenvalue weighted by Gasteiger charge is 2.19. The lowest BCUT2D eigenvalue weighted by Crippen LogP contribution is -2.23. The molecule has 0 radical (unpaired) electrons. The summed E-state index contributed by atoms with van der Waals surface area (Å²) < 4.78 is 6.90. The summed E-state index contributed by atoms with van der Waals surface area (Å²) in [4.78, 5) is 34.8. The molecule has 0 aliphatic carbocycles.